The van der Waals surface area contributed by atoms with Crippen LogP contribution >= 0.6 is 11.3 Å². The van der Waals surface area contributed by atoms with E-state index in [1.165, 1.54) is 16.4 Å². The number of furan rings is 1. The van der Waals surface area contributed by atoms with Gasteiger partial charge in [-0.3, -0.25) is 0 Å². The van der Waals surface area contributed by atoms with Crippen molar-refractivity contribution >= 4 is 37.4 Å². The van der Waals surface area contributed by atoms with Crippen LogP contribution in [0.15, 0.2) is 53.2 Å². The molecule has 1 aromatic carbocycles. The number of aromatic nitrogens is 5. The summed E-state index contributed by atoms with van der Waals surface area (Å²) in [6.45, 7) is 8.33. The minimum Gasteiger partial charge on any atom is -0.486 e. The summed E-state index contributed by atoms with van der Waals surface area (Å²) in [6, 6.07) is 12.6. The number of ether oxygens (including phenoxy) is 1. The first-order chi connectivity index (χ1) is 18.0. The molecule has 5 heterocycles. The van der Waals surface area contributed by atoms with E-state index in [-0.39, 0.29) is 16.9 Å². The van der Waals surface area contributed by atoms with Crippen molar-refractivity contribution in [3.63, 3.8) is 0 Å². The van der Waals surface area contributed by atoms with Crippen molar-refractivity contribution in [1.29, 1.82) is 0 Å². The molecule has 0 fully saturated rings. The molecule has 0 radical (unpaired) electrons. The van der Waals surface area contributed by atoms with Crippen LogP contribution in [0.2, 0.25) is 0 Å². The summed E-state index contributed by atoms with van der Waals surface area (Å²) in [5, 5.41) is 5.04. The van der Waals surface area contributed by atoms with Crippen molar-refractivity contribution < 1.29 is 22.3 Å². The van der Waals surface area contributed by atoms with E-state index in [1.54, 1.807) is 19.1 Å². The number of thiophene rings is 1. The molecule has 0 bridgehead atoms. The number of hydrogen-bond acceptors (Lipinski definition) is 7. The first-order valence-corrected chi connectivity index (χ1v) is 12.6. The highest BCUT2D eigenvalue weighted by Crippen LogP contribution is 2.39. The van der Waals surface area contributed by atoms with Gasteiger partial charge in [0, 0.05) is 5.39 Å². The fourth-order valence-electron chi connectivity index (χ4n) is 4.24. The Labute approximate surface area is 218 Å². The smallest absolute Gasteiger partial charge is 0.433 e. The third kappa shape index (κ3) is 4.26. The Kier molecular flexibility index (Phi) is 5.46. The zero-order chi connectivity index (χ0) is 26.8. The van der Waals surface area contributed by atoms with E-state index in [2.05, 4.69) is 40.8 Å². The van der Waals surface area contributed by atoms with Crippen LogP contribution in [0.5, 0.6) is 5.75 Å². The highest BCUT2D eigenvalue weighted by atomic mass is 32.1. The zero-order valence-electron chi connectivity index (χ0n) is 20.9. The first-order valence-electron chi connectivity index (χ1n) is 11.8. The SMILES string of the molecule is Cc1cc(C(F)(F)F)nc2sc3c(ncn4nc(-c5ccc(COc6ccc(C(C)(C)C)cc6)o5)nc34)c12. The Morgan fingerprint density at radius 1 is 1.03 bits per heavy atom. The topological polar surface area (TPSA) is 78.3 Å². The molecular formula is C27H22F3N5O2S. The molecular weight excluding hydrogens is 515 g/mol. The van der Waals surface area contributed by atoms with E-state index in [1.807, 2.05) is 24.3 Å². The van der Waals surface area contributed by atoms with Gasteiger partial charge in [0.15, 0.2) is 11.4 Å². The fraction of sp³-hybridized carbons (Fsp3) is 0.259. The quantitative estimate of drug-likeness (QED) is 0.234. The van der Waals surface area contributed by atoms with Gasteiger partial charge in [0.2, 0.25) is 5.82 Å². The largest absolute Gasteiger partial charge is 0.486 e. The minimum absolute atomic E-state index is 0.0633. The second kappa shape index (κ2) is 8.52. The van der Waals surface area contributed by atoms with E-state index >= 15 is 0 Å². The van der Waals surface area contributed by atoms with Gasteiger partial charge >= 0.3 is 6.18 Å². The molecule has 0 N–H and O–H groups in total. The van der Waals surface area contributed by atoms with Crippen molar-refractivity contribution in [1.82, 2.24) is 24.6 Å². The lowest BCUT2D eigenvalue weighted by molar-refractivity contribution is -0.141. The molecule has 194 valence electrons. The van der Waals surface area contributed by atoms with Crippen LogP contribution < -0.4 is 4.74 Å². The number of fused-ring (bicyclic) bond motifs is 5. The normalized spacial score (nSPS) is 12.7. The van der Waals surface area contributed by atoms with Crippen LogP contribution in [0, 0.1) is 6.92 Å². The van der Waals surface area contributed by atoms with Crippen LogP contribution in [0.3, 0.4) is 0 Å². The molecule has 11 heteroatoms. The van der Waals surface area contributed by atoms with E-state index < -0.39 is 11.9 Å². The van der Waals surface area contributed by atoms with Crippen molar-refractivity contribution in [2.45, 2.75) is 45.9 Å². The predicted octanol–water partition coefficient (Wildman–Crippen LogP) is 7.35. The van der Waals surface area contributed by atoms with Crippen LogP contribution in [-0.4, -0.2) is 24.6 Å². The minimum atomic E-state index is -4.53. The van der Waals surface area contributed by atoms with Gasteiger partial charge < -0.3 is 9.15 Å². The lowest BCUT2D eigenvalue weighted by Gasteiger charge is -2.19. The van der Waals surface area contributed by atoms with Gasteiger partial charge in [-0.1, -0.05) is 32.9 Å². The van der Waals surface area contributed by atoms with Gasteiger partial charge in [-0.2, -0.15) is 13.2 Å². The van der Waals surface area contributed by atoms with Crippen LogP contribution in [0.4, 0.5) is 13.2 Å². The maximum absolute atomic E-state index is 13.3. The summed E-state index contributed by atoms with van der Waals surface area (Å²) in [5.74, 6) is 2.11. The maximum atomic E-state index is 13.3. The average molecular weight is 538 g/mol. The zero-order valence-corrected chi connectivity index (χ0v) is 21.7. The average Bonchev–Trinajstić information content (AvgIpc) is 3.57. The molecule has 0 aliphatic heterocycles. The number of alkyl halides is 3. The summed E-state index contributed by atoms with van der Waals surface area (Å²) in [6.07, 6.45) is -3.04. The Balaban J connectivity index is 1.29. The van der Waals surface area contributed by atoms with Crippen LogP contribution in [0.1, 0.15) is 43.4 Å². The molecule has 0 aliphatic carbocycles. The standard InChI is InChI=1S/C27H22F3N5O2S/c1-14-11-19(27(28,29)30)32-25-20(14)21-22(38-25)24-33-23(34-35(24)13-31-21)18-10-9-17(37-18)12-36-16-7-5-15(6-8-16)26(2,3)4/h5-11,13H,12H2,1-4H3. The number of nitrogens with zero attached hydrogens (tertiary/aromatic N) is 5. The number of halogens is 3. The predicted molar refractivity (Wildman–Crippen MR) is 138 cm³/mol. The summed E-state index contributed by atoms with van der Waals surface area (Å²) in [7, 11) is 0. The number of benzene rings is 1. The van der Waals surface area contributed by atoms with Gasteiger partial charge in [0.05, 0.1) is 5.52 Å². The Morgan fingerprint density at radius 3 is 2.50 bits per heavy atom. The summed E-state index contributed by atoms with van der Waals surface area (Å²) in [4.78, 5) is 13.2. The lowest BCUT2D eigenvalue weighted by Crippen LogP contribution is -2.10. The van der Waals surface area contributed by atoms with E-state index in [4.69, 9.17) is 9.15 Å². The molecule has 7 nitrogen and oxygen atoms in total. The summed E-state index contributed by atoms with van der Waals surface area (Å²) < 4.78 is 53.7. The molecule has 0 amide bonds. The first kappa shape index (κ1) is 24.4. The highest BCUT2D eigenvalue weighted by molar-refractivity contribution is 7.26. The van der Waals surface area contributed by atoms with Crippen molar-refractivity contribution in [3.8, 4) is 17.3 Å². The Bertz CT molecular complexity index is 1810. The molecule has 0 saturated heterocycles. The molecule has 0 aliphatic rings. The number of hydrogen-bond donors (Lipinski definition) is 0. The second-order valence-corrected chi connectivity index (χ2v) is 11.1. The molecule has 5 aromatic heterocycles. The van der Waals surface area contributed by atoms with Gasteiger partial charge in [0.25, 0.3) is 0 Å². The van der Waals surface area contributed by atoms with Crippen LogP contribution in [0.25, 0.3) is 37.7 Å². The third-order valence-electron chi connectivity index (χ3n) is 6.24. The van der Waals surface area contributed by atoms with Gasteiger partial charge in [-0.15, -0.1) is 16.4 Å². The van der Waals surface area contributed by atoms with Crippen molar-refractivity contribution in [2.24, 2.45) is 0 Å². The molecule has 38 heavy (non-hydrogen) atoms. The molecule has 0 unspecified atom stereocenters. The number of aryl methyl sites for hydroxylation is 1. The summed E-state index contributed by atoms with van der Waals surface area (Å²) >= 11 is 1.11. The summed E-state index contributed by atoms with van der Waals surface area (Å²) in [5.41, 5.74) is 1.82. The monoisotopic (exact) mass is 537 g/mol. The third-order valence-corrected chi connectivity index (χ3v) is 7.31. The van der Waals surface area contributed by atoms with Gasteiger partial charge in [0.1, 0.15) is 39.7 Å². The number of pyridine rings is 1. The van der Waals surface area contributed by atoms with E-state index in [9.17, 15) is 13.2 Å². The molecule has 0 saturated carbocycles. The molecule has 6 aromatic rings. The van der Waals surface area contributed by atoms with Crippen LogP contribution in [-0.2, 0) is 18.2 Å². The molecule has 0 atom stereocenters. The Hall–Kier alpha value is -3.99. The van der Waals surface area contributed by atoms with Gasteiger partial charge in [-0.05, 0) is 53.8 Å². The number of rotatable bonds is 4. The lowest BCUT2D eigenvalue weighted by atomic mass is 9.87. The molecule has 0 spiro atoms. The highest BCUT2D eigenvalue weighted by Gasteiger charge is 2.33. The molecule has 6 rings (SSSR count). The van der Waals surface area contributed by atoms with Gasteiger partial charge in [-0.25, -0.2) is 19.5 Å². The van der Waals surface area contributed by atoms with Crippen molar-refractivity contribution in [2.75, 3.05) is 0 Å². The van der Waals surface area contributed by atoms with E-state index in [0.717, 1.165) is 23.2 Å². The fourth-order valence-corrected chi connectivity index (χ4v) is 5.42. The van der Waals surface area contributed by atoms with E-state index in [0.29, 0.717) is 44.2 Å². The maximum Gasteiger partial charge on any atom is 0.433 e. The second-order valence-electron chi connectivity index (χ2n) is 10.1. The van der Waals surface area contributed by atoms with Crippen molar-refractivity contribution in [3.05, 3.63) is 71.4 Å². The Morgan fingerprint density at radius 2 is 1.79 bits per heavy atom.